The molecule has 1 aromatic heterocycles. The van der Waals surface area contributed by atoms with Crippen LogP contribution in [0.2, 0.25) is 0 Å². The van der Waals surface area contributed by atoms with Crippen LogP contribution < -0.4 is 4.90 Å². The van der Waals surface area contributed by atoms with Gasteiger partial charge in [0.15, 0.2) is 0 Å². The first kappa shape index (κ1) is 11.8. The maximum Gasteiger partial charge on any atom is 0.311 e. The van der Waals surface area contributed by atoms with Gasteiger partial charge >= 0.3 is 5.69 Å². The van der Waals surface area contributed by atoms with Gasteiger partial charge in [-0.15, -0.1) is 11.6 Å². The SMILES string of the molecule is O=C1CC(CCl)CN1c1ccncc1[N+](=O)[O-]. The number of alkyl halides is 1. The van der Waals surface area contributed by atoms with Crippen LogP contribution in [0.1, 0.15) is 6.42 Å². The maximum absolute atomic E-state index is 11.7. The molecule has 17 heavy (non-hydrogen) atoms. The minimum Gasteiger partial charge on any atom is -0.306 e. The number of halogens is 1. The summed E-state index contributed by atoms with van der Waals surface area (Å²) in [6, 6.07) is 1.48. The number of aromatic nitrogens is 1. The third kappa shape index (κ3) is 2.21. The Morgan fingerprint density at radius 2 is 2.41 bits per heavy atom. The topological polar surface area (TPSA) is 76.3 Å². The van der Waals surface area contributed by atoms with Crippen molar-refractivity contribution in [3.05, 3.63) is 28.6 Å². The summed E-state index contributed by atoms with van der Waals surface area (Å²) in [7, 11) is 0. The lowest BCUT2D eigenvalue weighted by Gasteiger charge is -2.15. The molecule has 1 aromatic rings. The molecule has 0 N–H and O–H groups in total. The lowest BCUT2D eigenvalue weighted by atomic mass is 10.1. The summed E-state index contributed by atoms with van der Waals surface area (Å²) in [5, 5.41) is 10.8. The van der Waals surface area contributed by atoms with Crippen LogP contribution in [0.5, 0.6) is 0 Å². The van der Waals surface area contributed by atoms with Gasteiger partial charge in [0, 0.05) is 25.0 Å². The summed E-state index contributed by atoms with van der Waals surface area (Å²) >= 11 is 5.70. The number of anilines is 1. The Morgan fingerprint density at radius 1 is 1.65 bits per heavy atom. The molecular weight excluding hydrogens is 246 g/mol. The van der Waals surface area contributed by atoms with Crippen molar-refractivity contribution in [2.24, 2.45) is 5.92 Å². The van der Waals surface area contributed by atoms with Gasteiger partial charge in [-0.3, -0.25) is 19.9 Å². The second-order valence-electron chi connectivity index (χ2n) is 3.85. The average Bonchev–Trinajstić information content (AvgIpc) is 2.70. The number of carbonyl (C=O) groups excluding carboxylic acids is 1. The highest BCUT2D eigenvalue weighted by atomic mass is 35.5. The number of amides is 1. The van der Waals surface area contributed by atoms with E-state index in [-0.39, 0.29) is 17.5 Å². The summed E-state index contributed by atoms with van der Waals surface area (Å²) in [5.41, 5.74) is 0.138. The van der Waals surface area contributed by atoms with Gasteiger partial charge in [0.05, 0.1) is 4.92 Å². The molecule has 1 aliphatic rings. The Hall–Kier alpha value is -1.69. The van der Waals surface area contributed by atoms with Crippen molar-refractivity contribution in [1.82, 2.24) is 4.98 Å². The third-order valence-electron chi connectivity index (χ3n) is 2.69. The van der Waals surface area contributed by atoms with Gasteiger partial charge in [-0.25, -0.2) is 0 Å². The van der Waals surface area contributed by atoms with Crippen molar-refractivity contribution < 1.29 is 9.72 Å². The first-order chi connectivity index (χ1) is 8.13. The smallest absolute Gasteiger partial charge is 0.306 e. The Labute approximate surface area is 102 Å². The fraction of sp³-hybridized carbons (Fsp3) is 0.400. The highest BCUT2D eigenvalue weighted by Gasteiger charge is 2.33. The zero-order valence-electron chi connectivity index (χ0n) is 8.88. The molecule has 7 heteroatoms. The van der Waals surface area contributed by atoms with Crippen molar-refractivity contribution in [2.45, 2.75) is 6.42 Å². The number of nitrogens with zero attached hydrogens (tertiary/aromatic N) is 3. The average molecular weight is 256 g/mol. The minimum atomic E-state index is -0.538. The Bertz CT molecular complexity index is 466. The van der Waals surface area contributed by atoms with Gasteiger partial charge in [0.25, 0.3) is 0 Å². The van der Waals surface area contributed by atoms with E-state index in [2.05, 4.69) is 4.98 Å². The molecule has 90 valence electrons. The first-order valence-electron chi connectivity index (χ1n) is 5.08. The molecule has 0 bridgehead atoms. The quantitative estimate of drug-likeness (QED) is 0.467. The summed E-state index contributed by atoms with van der Waals surface area (Å²) in [6.07, 6.45) is 2.92. The van der Waals surface area contributed by atoms with E-state index in [9.17, 15) is 14.9 Å². The van der Waals surface area contributed by atoms with E-state index in [1.165, 1.54) is 17.2 Å². The molecular formula is C10H10ClN3O3. The van der Waals surface area contributed by atoms with Crippen LogP contribution in [0, 0.1) is 16.0 Å². The molecule has 0 spiro atoms. The predicted molar refractivity (Wildman–Crippen MR) is 62.1 cm³/mol. The molecule has 0 radical (unpaired) electrons. The van der Waals surface area contributed by atoms with Gasteiger partial charge in [0.2, 0.25) is 5.91 Å². The number of carbonyl (C=O) groups is 1. The highest BCUT2D eigenvalue weighted by molar-refractivity contribution is 6.18. The lowest BCUT2D eigenvalue weighted by molar-refractivity contribution is -0.384. The van der Waals surface area contributed by atoms with Crippen LogP contribution in [0.25, 0.3) is 0 Å². The molecule has 1 unspecified atom stereocenters. The van der Waals surface area contributed by atoms with Crippen LogP contribution in [-0.2, 0) is 4.79 Å². The Balaban J connectivity index is 2.35. The zero-order valence-corrected chi connectivity index (χ0v) is 9.63. The number of hydrogen-bond acceptors (Lipinski definition) is 4. The molecule has 1 atom stereocenters. The molecule has 1 fully saturated rings. The minimum absolute atomic E-state index is 0.0527. The van der Waals surface area contributed by atoms with Crippen molar-refractivity contribution in [2.75, 3.05) is 17.3 Å². The van der Waals surface area contributed by atoms with Gasteiger partial charge in [-0.1, -0.05) is 0 Å². The van der Waals surface area contributed by atoms with E-state index in [1.807, 2.05) is 0 Å². The fourth-order valence-corrected chi connectivity index (χ4v) is 2.07. The molecule has 2 heterocycles. The molecule has 0 aromatic carbocycles. The summed E-state index contributed by atoms with van der Waals surface area (Å²) in [6.45, 7) is 0.424. The van der Waals surface area contributed by atoms with Crippen LogP contribution in [0.15, 0.2) is 18.5 Å². The van der Waals surface area contributed by atoms with Crippen LogP contribution in [-0.4, -0.2) is 28.2 Å². The number of nitro groups is 1. The van der Waals surface area contributed by atoms with Crippen LogP contribution in [0.4, 0.5) is 11.4 Å². The van der Waals surface area contributed by atoms with Crippen molar-refractivity contribution in [3.63, 3.8) is 0 Å². The van der Waals surface area contributed by atoms with Crippen molar-refractivity contribution in [1.29, 1.82) is 0 Å². The number of hydrogen-bond donors (Lipinski definition) is 0. The van der Waals surface area contributed by atoms with E-state index in [4.69, 9.17) is 11.6 Å². The second kappa shape index (κ2) is 4.67. The van der Waals surface area contributed by atoms with Gasteiger partial charge in [0.1, 0.15) is 11.9 Å². The summed E-state index contributed by atoms with van der Waals surface area (Å²) < 4.78 is 0. The first-order valence-corrected chi connectivity index (χ1v) is 5.61. The third-order valence-corrected chi connectivity index (χ3v) is 3.12. The van der Waals surface area contributed by atoms with Crippen molar-refractivity contribution >= 4 is 28.9 Å². The van der Waals surface area contributed by atoms with E-state index >= 15 is 0 Å². The normalized spacial score (nSPS) is 19.7. The molecule has 0 aliphatic carbocycles. The second-order valence-corrected chi connectivity index (χ2v) is 4.16. The summed E-state index contributed by atoms with van der Waals surface area (Å²) in [5.74, 6) is 0.295. The van der Waals surface area contributed by atoms with Crippen LogP contribution in [0.3, 0.4) is 0 Å². The zero-order chi connectivity index (χ0) is 12.4. The standard InChI is InChI=1S/C10H10ClN3O3/c11-4-7-3-10(15)13(6-7)8-1-2-12-5-9(8)14(16)17/h1-2,5,7H,3-4,6H2. The molecule has 1 amide bonds. The summed E-state index contributed by atoms with van der Waals surface area (Å²) in [4.78, 5) is 27.1. The maximum atomic E-state index is 11.7. The van der Waals surface area contributed by atoms with E-state index in [0.29, 0.717) is 24.5 Å². The Morgan fingerprint density at radius 3 is 3.00 bits per heavy atom. The molecule has 0 saturated carbocycles. The lowest BCUT2D eigenvalue weighted by Crippen LogP contribution is -2.25. The predicted octanol–water partition coefficient (Wildman–Crippen LogP) is 1.58. The molecule has 1 saturated heterocycles. The van der Waals surface area contributed by atoms with Crippen molar-refractivity contribution in [3.8, 4) is 0 Å². The number of rotatable bonds is 3. The highest BCUT2D eigenvalue weighted by Crippen LogP contribution is 2.32. The van der Waals surface area contributed by atoms with Gasteiger partial charge in [-0.2, -0.15) is 0 Å². The number of pyridine rings is 1. The van der Waals surface area contributed by atoms with Gasteiger partial charge < -0.3 is 4.90 Å². The monoisotopic (exact) mass is 255 g/mol. The largest absolute Gasteiger partial charge is 0.311 e. The fourth-order valence-electron chi connectivity index (χ4n) is 1.87. The molecule has 1 aliphatic heterocycles. The van der Waals surface area contributed by atoms with Crippen LogP contribution >= 0.6 is 11.6 Å². The molecule has 2 rings (SSSR count). The Kier molecular flexibility index (Phi) is 3.23. The van der Waals surface area contributed by atoms with E-state index < -0.39 is 4.92 Å². The van der Waals surface area contributed by atoms with E-state index in [1.54, 1.807) is 0 Å². The molecule has 6 nitrogen and oxygen atoms in total. The van der Waals surface area contributed by atoms with E-state index in [0.717, 1.165) is 6.20 Å². The van der Waals surface area contributed by atoms with Gasteiger partial charge in [-0.05, 0) is 12.0 Å².